The van der Waals surface area contributed by atoms with Crippen LogP contribution in [0.4, 0.5) is 0 Å². The Morgan fingerprint density at radius 3 is 2.32 bits per heavy atom. The van der Waals surface area contributed by atoms with Crippen LogP contribution in [0.5, 0.6) is 0 Å². The van der Waals surface area contributed by atoms with Crippen LogP contribution >= 0.6 is 22.7 Å². The van der Waals surface area contributed by atoms with Crippen LogP contribution in [0, 0.1) is 11.8 Å². The average molecular weight is 441 g/mol. The lowest BCUT2D eigenvalue weighted by atomic mass is 9.91. The number of nitrogens with zero attached hydrogens (tertiary/aromatic N) is 1. The van der Waals surface area contributed by atoms with Crippen molar-refractivity contribution < 1.29 is 13.2 Å². The van der Waals surface area contributed by atoms with Gasteiger partial charge in [-0.05, 0) is 41.7 Å². The molecule has 5 nitrogen and oxygen atoms in total. The topological polar surface area (TPSA) is 66.5 Å². The first-order valence-corrected chi connectivity index (χ1v) is 13.0. The molecule has 1 atom stereocenters. The monoisotopic (exact) mass is 440 g/mol. The van der Waals surface area contributed by atoms with Crippen molar-refractivity contribution in [2.75, 3.05) is 13.1 Å². The van der Waals surface area contributed by atoms with Crippen molar-refractivity contribution in [3.63, 3.8) is 0 Å². The highest BCUT2D eigenvalue weighted by molar-refractivity contribution is 7.91. The quantitative estimate of drug-likeness (QED) is 0.657. The highest BCUT2D eigenvalue weighted by atomic mass is 32.2. The summed E-state index contributed by atoms with van der Waals surface area (Å²) in [6, 6.07) is 7.54. The Morgan fingerprint density at radius 2 is 1.79 bits per heavy atom. The lowest BCUT2D eigenvalue weighted by Gasteiger charge is -2.32. The highest BCUT2D eigenvalue weighted by Crippen LogP contribution is 2.32. The van der Waals surface area contributed by atoms with Gasteiger partial charge in [0.25, 0.3) is 10.0 Å². The third kappa shape index (κ3) is 4.67. The molecule has 0 saturated carbocycles. The van der Waals surface area contributed by atoms with Crippen molar-refractivity contribution in [1.29, 1.82) is 0 Å². The van der Waals surface area contributed by atoms with Crippen LogP contribution in [0.1, 0.15) is 50.4 Å². The van der Waals surface area contributed by atoms with E-state index in [1.54, 1.807) is 28.8 Å². The summed E-state index contributed by atoms with van der Waals surface area (Å²) >= 11 is 2.92. The lowest BCUT2D eigenvalue weighted by Crippen LogP contribution is -2.44. The molecular weight excluding hydrogens is 412 g/mol. The fourth-order valence-electron chi connectivity index (χ4n) is 3.82. The Labute approximate surface area is 175 Å². The maximum atomic E-state index is 13.0. The van der Waals surface area contributed by atoms with Crippen molar-refractivity contribution >= 4 is 38.6 Å². The number of hydrogen-bond donors (Lipinski definition) is 1. The Morgan fingerprint density at radius 1 is 1.14 bits per heavy atom. The van der Waals surface area contributed by atoms with Gasteiger partial charge in [0.2, 0.25) is 5.91 Å². The van der Waals surface area contributed by atoms with Gasteiger partial charge in [0, 0.05) is 23.9 Å². The van der Waals surface area contributed by atoms with Gasteiger partial charge in [0.15, 0.2) is 0 Å². The summed E-state index contributed by atoms with van der Waals surface area (Å²) in [4.78, 5) is 14.1. The summed E-state index contributed by atoms with van der Waals surface area (Å²) in [6.07, 6.45) is 3.15. The molecule has 3 rings (SSSR count). The first-order chi connectivity index (χ1) is 13.5. The summed E-state index contributed by atoms with van der Waals surface area (Å²) in [7, 11) is -3.43. The third-order valence-electron chi connectivity index (χ3n) is 5.58. The van der Waals surface area contributed by atoms with Crippen LogP contribution in [-0.2, 0) is 14.8 Å². The molecule has 0 aliphatic carbocycles. The second-order valence-electron chi connectivity index (χ2n) is 7.19. The molecule has 2 aromatic heterocycles. The van der Waals surface area contributed by atoms with Crippen LogP contribution in [0.15, 0.2) is 39.2 Å². The summed E-state index contributed by atoms with van der Waals surface area (Å²) in [5.74, 6) is 0.326. The molecule has 154 valence electrons. The van der Waals surface area contributed by atoms with E-state index in [1.165, 1.54) is 20.5 Å². The van der Waals surface area contributed by atoms with Crippen LogP contribution in [0.2, 0.25) is 0 Å². The van der Waals surface area contributed by atoms with Crippen molar-refractivity contribution in [1.82, 2.24) is 9.62 Å². The van der Waals surface area contributed by atoms with E-state index in [2.05, 4.69) is 25.2 Å². The summed E-state index contributed by atoms with van der Waals surface area (Å²) < 4.78 is 27.2. The number of nitrogens with one attached hydrogen (secondary N) is 1. The molecular formula is C20H28N2O3S3. The van der Waals surface area contributed by atoms with E-state index in [4.69, 9.17) is 0 Å². The molecule has 0 radical (unpaired) electrons. The standard InChI is InChI=1S/C20H28N2O3S3/c1-3-15(4-2)19(17-7-5-13-26-17)21-20(23)16-9-11-22(12-10-16)28(24,25)18-8-6-14-27-18/h5-8,13-16,19H,3-4,9-12H2,1-2H3,(H,21,23). The molecule has 1 saturated heterocycles. The third-order valence-corrected chi connectivity index (χ3v) is 9.81. The van der Waals surface area contributed by atoms with Gasteiger partial charge in [-0.3, -0.25) is 4.79 Å². The molecule has 3 heterocycles. The van der Waals surface area contributed by atoms with Gasteiger partial charge in [-0.2, -0.15) is 4.31 Å². The van der Waals surface area contributed by atoms with E-state index >= 15 is 0 Å². The predicted molar refractivity (Wildman–Crippen MR) is 115 cm³/mol. The molecule has 1 N–H and O–H groups in total. The minimum absolute atomic E-state index is 0.0374. The van der Waals surface area contributed by atoms with Gasteiger partial charge in [-0.15, -0.1) is 22.7 Å². The van der Waals surface area contributed by atoms with E-state index in [0.29, 0.717) is 36.1 Å². The molecule has 1 aliphatic rings. The number of hydrogen-bond acceptors (Lipinski definition) is 5. The highest BCUT2D eigenvalue weighted by Gasteiger charge is 2.34. The van der Waals surface area contributed by atoms with E-state index < -0.39 is 10.0 Å². The van der Waals surface area contributed by atoms with Gasteiger partial charge < -0.3 is 5.32 Å². The molecule has 8 heteroatoms. The SMILES string of the molecule is CCC(CC)C(NC(=O)C1CCN(S(=O)(=O)c2cccs2)CC1)c1cccs1. The summed E-state index contributed by atoms with van der Waals surface area (Å²) in [6.45, 7) is 5.11. The van der Waals surface area contributed by atoms with E-state index in [0.717, 1.165) is 12.8 Å². The molecule has 1 aliphatic heterocycles. The smallest absolute Gasteiger partial charge is 0.252 e. The minimum Gasteiger partial charge on any atom is -0.348 e. The van der Waals surface area contributed by atoms with Gasteiger partial charge in [-0.1, -0.05) is 38.8 Å². The number of rotatable bonds is 8. The molecule has 0 spiro atoms. The van der Waals surface area contributed by atoms with Crippen LogP contribution in [0.3, 0.4) is 0 Å². The van der Waals surface area contributed by atoms with E-state index in [-0.39, 0.29) is 17.9 Å². The second-order valence-corrected chi connectivity index (χ2v) is 11.3. The largest absolute Gasteiger partial charge is 0.348 e. The number of sulfonamides is 1. The van der Waals surface area contributed by atoms with Crippen LogP contribution < -0.4 is 5.32 Å². The normalized spacial score (nSPS) is 17.7. The number of thiophene rings is 2. The fourth-order valence-corrected chi connectivity index (χ4v) is 7.30. The number of carbonyl (C=O) groups excluding carboxylic acids is 1. The maximum Gasteiger partial charge on any atom is 0.252 e. The van der Waals surface area contributed by atoms with Gasteiger partial charge in [-0.25, -0.2) is 8.42 Å². The van der Waals surface area contributed by atoms with Gasteiger partial charge in [0.05, 0.1) is 6.04 Å². The molecule has 1 amide bonds. The Balaban J connectivity index is 1.63. The molecule has 2 aromatic rings. The summed E-state index contributed by atoms with van der Waals surface area (Å²) in [5.41, 5.74) is 0. The Kier molecular flexibility index (Phi) is 7.31. The number of carbonyl (C=O) groups is 1. The number of amides is 1. The van der Waals surface area contributed by atoms with Crippen LogP contribution in [-0.4, -0.2) is 31.7 Å². The zero-order chi connectivity index (χ0) is 20.1. The average Bonchev–Trinajstić information content (AvgIpc) is 3.42. The zero-order valence-electron chi connectivity index (χ0n) is 16.3. The zero-order valence-corrected chi connectivity index (χ0v) is 18.8. The molecule has 1 fully saturated rings. The van der Waals surface area contributed by atoms with E-state index in [9.17, 15) is 13.2 Å². The summed E-state index contributed by atoms with van der Waals surface area (Å²) in [5, 5.41) is 7.10. The molecule has 0 bridgehead atoms. The van der Waals surface area contributed by atoms with Crippen molar-refractivity contribution in [2.24, 2.45) is 11.8 Å². The fraction of sp³-hybridized carbons (Fsp3) is 0.550. The van der Waals surface area contributed by atoms with Crippen molar-refractivity contribution in [3.8, 4) is 0 Å². The van der Waals surface area contributed by atoms with Crippen molar-refractivity contribution in [2.45, 2.75) is 49.8 Å². The Hall–Kier alpha value is -1.22. The number of piperidine rings is 1. The molecule has 0 aromatic carbocycles. The first-order valence-electron chi connectivity index (χ1n) is 9.84. The van der Waals surface area contributed by atoms with Crippen LogP contribution in [0.25, 0.3) is 0 Å². The first kappa shape index (κ1) is 21.5. The predicted octanol–water partition coefficient (Wildman–Crippen LogP) is 4.50. The lowest BCUT2D eigenvalue weighted by molar-refractivity contribution is -0.127. The Bertz CT molecular complexity index is 835. The minimum atomic E-state index is -3.43. The second kappa shape index (κ2) is 9.52. The molecule has 28 heavy (non-hydrogen) atoms. The van der Waals surface area contributed by atoms with Crippen molar-refractivity contribution in [3.05, 3.63) is 39.9 Å². The van der Waals surface area contributed by atoms with E-state index in [1.807, 2.05) is 11.4 Å². The maximum absolute atomic E-state index is 13.0. The van der Waals surface area contributed by atoms with Gasteiger partial charge in [0.1, 0.15) is 4.21 Å². The molecule has 1 unspecified atom stereocenters. The van der Waals surface area contributed by atoms with Gasteiger partial charge >= 0.3 is 0 Å².